The number of hydrogen-bond acceptors (Lipinski definition) is 8. The number of epoxide rings is 1. The molecule has 0 aromatic heterocycles. The molecule has 0 spiro atoms. The SMILES string of the molecule is COCCOc1ccc2cc(C(=O)OCCCCCCOC(=O)c3ccc4cc(OCC5CO5)ccc4c3)ccc2c1. The predicted octanol–water partition coefficient (Wildman–Crippen LogP) is 6.37. The van der Waals surface area contributed by atoms with E-state index in [9.17, 15) is 9.59 Å². The second kappa shape index (κ2) is 14.7. The van der Waals surface area contributed by atoms with Gasteiger partial charge < -0.3 is 28.4 Å². The maximum atomic E-state index is 12.5. The zero-order valence-electron chi connectivity index (χ0n) is 23.8. The Morgan fingerprint density at radius 2 is 1.14 bits per heavy atom. The molecule has 4 aromatic carbocycles. The van der Waals surface area contributed by atoms with Crippen molar-refractivity contribution in [3.63, 3.8) is 0 Å². The quantitative estimate of drug-likeness (QED) is 0.0869. The van der Waals surface area contributed by atoms with E-state index in [-0.39, 0.29) is 18.0 Å². The molecule has 0 radical (unpaired) electrons. The van der Waals surface area contributed by atoms with Crippen LogP contribution in [0, 0.1) is 0 Å². The van der Waals surface area contributed by atoms with Gasteiger partial charge in [-0.3, -0.25) is 0 Å². The monoisotopic (exact) mass is 572 g/mol. The number of carbonyl (C=O) groups is 2. The molecule has 1 atom stereocenters. The lowest BCUT2D eigenvalue weighted by Crippen LogP contribution is -2.07. The average molecular weight is 573 g/mol. The second-order valence-corrected chi connectivity index (χ2v) is 10.2. The molecule has 1 heterocycles. The highest BCUT2D eigenvalue weighted by Gasteiger charge is 2.23. The van der Waals surface area contributed by atoms with E-state index in [4.69, 9.17) is 28.4 Å². The Labute approximate surface area is 245 Å². The van der Waals surface area contributed by atoms with Crippen molar-refractivity contribution >= 4 is 33.5 Å². The summed E-state index contributed by atoms with van der Waals surface area (Å²) in [4.78, 5) is 25.0. The maximum absolute atomic E-state index is 12.5. The lowest BCUT2D eigenvalue weighted by atomic mass is 10.1. The van der Waals surface area contributed by atoms with Crippen molar-refractivity contribution in [1.29, 1.82) is 0 Å². The summed E-state index contributed by atoms with van der Waals surface area (Å²) in [7, 11) is 1.64. The van der Waals surface area contributed by atoms with Crippen LogP contribution in [0.5, 0.6) is 11.5 Å². The molecule has 0 saturated carbocycles. The fourth-order valence-electron chi connectivity index (χ4n) is 4.53. The van der Waals surface area contributed by atoms with E-state index < -0.39 is 0 Å². The number of benzene rings is 4. The Hall–Kier alpha value is -4.14. The lowest BCUT2D eigenvalue weighted by molar-refractivity contribution is 0.0474. The Kier molecular flexibility index (Phi) is 10.2. The van der Waals surface area contributed by atoms with Crippen LogP contribution >= 0.6 is 0 Å². The molecule has 0 N–H and O–H groups in total. The van der Waals surface area contributed by atoms with Crippen molar-refractivity contribution in [2.75, 3.05) is 46.8 Å². The summed E-state index contributed by atoms with van der Waals surface area (Å²) < 4.78 is 32.5. The topological polar surface area (TPSA) is 92.8 Å². The van der Waals surface area contributed by atoms with Gasteiger partial charge in [-0.1, -0.05) is 24.3 Å². The second-order valence-electron chi connectivity index (χ2n) is 10.2. The first kappa shape index (κ1) is 29.4. The third-order valence-corrected chi connectivity index (χ3v) is 6.99. The molecule has 8 nitrogen and oxygen atoms in total. The third-order valence-electron chi connectivity index (χ3n) is 6.99. The number of carbonyl (C=O) groups excluding carboxylic acids is 2. The summed E-state index contributed by atoms with van der Waals surface area (Å²) in [5, 5.41) is 3.89. The van der Waals surface area contributed by atoms with Gasteiger partial charge in [-0.05, 0) is 95.8 Å². The first-order chi connectivity index (χ1) is 20.6. The Morgan fingerprint density at radius 1 is 0.643 bits per heavy atom. The zero-order valence-corrected chi connectivity index (χ0v) is 23.8. The van der Waals surface area contributed by atoms with Crippen LogP contribution in [0.4, 0.5) is 0 Å². The van der Waals surface area contributed by atoms with Crippen LogP contribution in [-0.2, 0) is 18.9 Å². The Bertz CT molecular complexity index is 1510. The van der Waals surface area contributed by atoms with Crippen molar-refractivity contribution in [3.05, 3.63) is 83.9 Å². The van der Waals surface area contributed by atoms with E-state index in [1.807, 2.05) is 60.7 Å². The van der Waals surface area contributed by atoms with E-state index >= 15 is 0 Å². The smallest absolute Gasteiger partial charge is 0.338 e. The molecule has 1 fully saturated rings. The van der Waals surface area contributed by atoms with Crippen LogP contribution in [0.1, 0.15) is 46.4 Å². The van der Waals surface area contributed by atoms with E-state index in [1.54, 1.807) is 19.2 Å². The highest BCUT2D eigenvalue weighted by Crippen LogP contribution is 2.24. The van der Waals surface area contributed by atoms with E-state index in [1.165, 1.54) is 0 Å². The molecule has 0 bridgehead atoms. The lowest BCUT2D eigenvalue weighted by Gasteiger charge is -2.09. The summed E-state index contributed by atoms with van der Waals surface area (Å²) in [5.74, 6) is 0.884. The van der Waals surface area contributed by atoms with Gasteiger partial charge in [0.05, 0.1) is 37.6 Å². The summed E-state index contributed by atoms with van der Waals surface area (Å²) >= 11 is 0. The normalized spacial score (nSPS) is 14.1. The fraction of sp³-hybridized carbons (Fsp3) is 0.353. The van der Waals surface area contributed by atoms with E-state index in [0.29, 0.717) is 44.2 Å². The molecular formula is C34H36O8. The summed E-state index contributed by atoms with van der Waals surface area (Å²) in [6.45, 7) is 3.02. The molecule has 8 heteroatoms. The molecule has 1 aliphatic rings. The van der Waals surface area contributed by atoms with Crippen molar-refractivity contribution in [2.24, 2.45) is 0 Å². The van der Waals surface area contributed by atoms with E-state index in [0.717, 1.165) is 65.3 Å². The number of ether oxygens (including phenoxy) is 6. The molecular weight excluding hydrogens is 536 g/mol. The number of esters is 2. The van der Waals surface area contributed by atoms with Crippen LogP contribution in [0.2, 0.25) is 0 Å². The van der Waals surface area contributed by atoms with E-state index in [2.05, 4.69) is 0 Å². The zero-order chi connectivity index (χ0) is 29.1. The first-order valence-electron chi connectivity index (χ1n) is 14.4. The minimum absolute atomic E-state index is 0.208. The van der Waals surface area contributed by atoms with Gasteiger partial charge in [-0.25, -0.2) is 9.59 Å². The van der Waals surface area contributed by atoms with Gasteiger partial charge in [0.1, 0.15) is 30.8 Å². The van der Waals surface area contributed by atoms with Gasteiger partial charge in [-0.2, -0.15) is 0 Å². The van der Waals surface area contributed by atoms with Crippen LogP contribution in [0.3, 0.4) is 0 Å². The summed E-state index contributed by atoms with van der Waals surface area (Å²) in [5.41, 5.74) is 1.05. The summed E-state index contributed by atoms with van der Waals surface area (Å²) in [6, 6.07) is 22.6. The third kappa shape index (κ3) is 8.44. The molecule has 42 heavy (non-hydrogen) atoms. The van der Waals surface area contributed by atoms with Crippen LogP contribution in [-0.4, -0.2) is 64.8 Å². The molecule has 5 rings (SSSR count). The summed E-state index contributed by atoms with van der Waals surface area (Å²) in [6.07, 6.45) is 3.46. The number of fused-ring (bicyclic) bond motifs is 2. The fourth-order valence-corrected chi connectivity index (χ4v) is 4.53. The van der Waals surface area contributed by atoms with Gasteiger partial charge in [-0.15, -0.1) is 0 Å². The molecule has 1 unspecified atom stereocenters. The van der Waals surface area contributed by atoms with Crippen molar-refractivity contribution in [3.8, 4) is 11.5 Å². The minimum atomic E-state index is -0.335. The van der Waals surface area contributed by atoms with Gasteiger partial charge in [0.15, 0.2) is 0 Å². The minimum Gasteiger partial charge on any atom is -0.491 e. The number of rotatable bonds is 16. The van der Waals surface area contributed by atoms with Crippen molar-refractivity contribution < 1.29 is 38.0 Å². The highest BCUT2D eigenvalue weighted by molar-refractivity contribution is 5.96. The van der Waals surface area contributed by atoms with Gasteiger partial charge in [0, 0.05) is 7.11 Å². The first-order valence-corrected chi connectivity index (χ1v) is 14.4. The highest BCUT2D eigenvalue weighted by atomic mass is 16.6. The largest absolute Gasteiger partial charge is 0.491 e. The number of unbranched alkanes of at least 4 members (excludes halogenated alkanes) is 3. The van der Waals surface area contributed by atoms with Crippen LogP contribution < -0.4 is 9.47 Å². The van der Waals surface area contributed by atoms with Crippen molar-refractivity contribution in [2.45, 2.75) is 31.8 Å². The van der Waals surface area contributed by atoms with Gasteiger partial charge in [0.2, 0.25) is 0 Å². The Morgan fingerprint density at radius 3 is 1.67 bits per heavy atom. The standard InChI is InChI=1S/C34H36O8/c1-37-16-17-38-30-12-10-24-18-28(8-6-26(24)20-30)33(35)39-14-4-2-3-5-15-40-34(36)29-9-7-27-21-31(13-11-25(27)19-29)41-22-32-23-42-32/h6-13,18-21,32H,2-5,14-17,22-23H2,1H3. The predicted molar refractivity (Wildman–Crippen MR) is 160 cm³/mol. The van der Waals surface area contributed by atoms with Gasteiger partial charge in [0.25, 0.3) is 0 Å². The number of methoxy groups -OCH3 is 1. The molecule has 220 valence electrons. The van der Waals surface area contributed by atoms with Crippen LogP contribution in [0.25, 0.3) is 21.5 Å². The molecule has 1 aliphatic heterocycles. The molecule has 0 amide bonds. The van der Waals surface area contributed by atoms with Gasteiger partial charge >= 0.3 is 11.9 Å². The average Bonchev–Trinajstić information content (AvgIpc) is 3.85. The molecule has 4 aromatic rings. The van der Waals surface area contributed by atoms with Crippen LogP contribution in [0.15, 0.2) is 72.8 Å². The molecule has 1 saturated heterocycles. The Balaban J connectivity index is 0.965. The molecule has 0 aliphatic carbocycles. The maximum Gasteiger partial charge on any atom is 0.338 e. The number of hydrogen-bond donors (Lipinski definition) is 0. The van der Waals surface area contributed by atoms with Crippen molar-refractivity contribution in [1.82, 2.24) is 0 Å².